The number of hydrogen-bond donors (Lipinski definition) is 1. The minimum Gasteiger partial charge on any atom is -0.493 e. The minimum absolute atomic E-state index is 0.0840. The van der Waals surface area contributed by atoms with E-state index in [-0.39, 0.29) is 18.0 Å². The lowest BCUT2D eigenvalue weighted by molar-refractivity contribution is -0.115. The summed E-state index contributed by atoms with van der Waals surface area (Å²) < 4.78 is 19.4. The number of thiazole rings is 1. The van der Waals surface area contributed by atoms with Crippen LogP contribution in [0.3, 0.4) is 0 Å². The maximum atomic E-state index is 13.8. The molecule has 6 heteroatoms. The Morgan fingerprint density at radius 2 is 2.08 bits per heavy atom. The molecule has 0 radical (unpaired) electrons. The summed E-state index contributed by atoms with van der Waals surface area (Å²) in [5.74, 6) is 0.0141. The van der Waals surface area contributed by atoms with Crippen LogP contribution in [0.5, 0.6) is 5.75 Å². The molecular weight excluding hydrogens is 351 g/mol. The number of aromatic nitrogens is 1. The summed E-state index contributed by atoms with van der Waals surface area (Å²) in [6, 6.07) is 12.3. The molecule has 3 rings (SSSR count). The third-order valence-corrected chi connectivity index (χ3v) is 4.63. The highest BCUT2D eigenvalue weighted by molar-refractivity contribution is 7.13. The minimum atomic E-state index is -0.450. The molecule has 0 fully saturated rings. The molecule has 134 valence electrons. The number of rotatable bonds is 6. The molecule has 2 aromatic carbocycles. The topological polar surface area (TPSA) is 51.2 Å². The van der Waals surface area contributed by atoms with Gasteiger partial charge in [-0.25, -0.2) is 9.37 Å². The second kappa shape index (κ2) is 8.10. The lowest BCUT2D eigenvalue weighted by Gasteiger charge is -2.07. The lowest BCUT2D eigenvalue weighted by Crippen LogP contribution is -2.15. The number of benzene rings is 2. The van der Waals surface area contributed by atoms with Gasteiger partial charge in [0.2, 0.25) is 5.91 Å². The number of amides is 1. The smallest absolute Gasteiger partial charge is 0.230 e. The highest BCUT2D eigenvalue weighted by atomic mass is 32.1. The Bertz CT molecular complexity index is 924. The van der Waals surface area contributed by atoms with Gasteiger partial charge in [0.25, 0.3) is 0 Å². The fourth-order valence-electron chi connectivity index (χ4n) is 2.53. The summed E-state index contributed by atoms with van der Waals surface area (Å²) in [4.78, 5) is 16.8. The van der Waals surface area contributed by atoms with E-state index in [1.165, 1.54) is 17.4 Å². The van der Waals surface area contributed by atoms with Crippen LogP contribution >= 0.6 is 11.3 Å². The van der Waals surface area contributed by atoms with Crippen LogP contribution in [0, 0.1) is 12.7 Å². The zero-order valence-electron chi connectivity index (χ0n) is 14.6. The molecule has 0 bridgehead atoms. The van der Waals surface area contributed by atoms with Crippen molar-refractivity contribution in [2.75, 3.05) is 11.9 Å². The molecule has 26 heavy (non-hydrogen) atoms. The van der Waals surface area contributed by atoms with E-state index < -0.39 is 5.82 Å². The van der Waals surface area contributed by atoms with E-state index in [1.807, 2.05) is 43.5 Å². The zero-order chi connectivity index (χ0) is 18.5. The van der Waals surface area contributed by atoms with E-state index >= 15 is 0 Å². The summed E-state index contributed by atoms with van der Waals surface area (Å²) in [7, 11) is 0. The van der Waals surface area contributed by atoms with E-state index in [2.05, 4.69) is 10.3 Å². The third kappa shape index (κ3) is 4.26. The van der Waals surface area contributed by atoms with Gasteiger partial charge >= 0.3 is 0 Å². The number of nitrogens with one attached hydrogen (secondary N) is 1. The maximum absolute atomic E-state index is 13.8. The number of anilines is 1. The first-order chi connectivity index (χ1) is 12.6. The van der Waals surface area contributed by atoms with Crippen molar-refractivity contribution in [1.82, 2.24) is 4.98 Å². The van der Waals surface area contributed by atoms with Crippen molar-refractivity contribution in [2.45, 2.75) is 20.3 Å². The number of aryl methyl sites for hydroxylation is 1. The average Bonchev–Trinajstić information content (AvgIpc) is 3.07. The third-order valence-electron chi connectivity index (χ3n) is 3.71. The van der Waals surface area contributed by atoms with E-state index in [9.17, 15) is 9.18 Å². The number of halogens is 1. The Balaban J connectivity index is 1.72. The standard InChI is InChI=1S/C20H19FN2O2S/c1-3-25-18-7-5-4-6-15(18)20-22-14(12-26-20)11-19(24)23-17-10-13(2)8-9-16(17)21/h4-10,12H,3,11H2,1-2H3,(H,23,24). The summed E-state index contributed by atoms with van der Waals surface area (Å²) in [5.41, 5.74) is 2.61. The molecule has 4 nitrogen and oxygen atoms in total. The molecule has 1 aromatic heterocycles. The Morgan fingerprint density at radius 1 is 1.27 bits per heavy atom. The van der Waals surface area contributed by atoms with Crippen LogP contribution in [0.2, 0.25) is 0 Å². The van der Waals surface area contributed by atoms with Crippen molar-refractivity contribution in [3.05, 3.63) is 64.9 Å². The molecule has 0 unspecified atom stereocenters. The number of carbonyl (C=O) groups excluding carboxylic acids is 1. The SMILES string of the molecule is CCOc1ccccc1-c1nc(CC(=O)Nc2cc(C)ccc2F)cs1. The second-order valence-corrected chi connectivity index (χ2v) is 6.64. The zero-order valence-corrected chi connectivity index (χ0v) is 15.4. The van der Waals surface area contributed by atoms with E-state index in [0.29, 0.717) is 12.3 Å². The summed E-state index contributed by atoms with van der Waals surface area (Å²) in [6.45, 7) is 4.34. The summed E-state index contributed by atoms with van der Waals surface area (Å²) in [6.07, 6.45) is 0.0840. The van der Waals surface area contributed by atoms with E-state index in [4.69, 9.17) is 4.74 Å². The molecule has 3 aromatic rings. The molecule has 0 spiro atoms. The first-order valence-electron chi connectivity index (χ1n) is 8.29. The van der Waals surface area contributed by atoms with Crippen molar-refractivity contribution in [3.63, 3.8) is 0 Å². The Kier molecular flexibility index (Phi) is 5.63. The van der Waals surface area contributed by atoms with Gasteiger partial charge < -0.3 is 10.1 Å². The number of nitrogens with zero attached hydrogens (tertiary/aromatic N) is 1. The molecule has 0 aliphatic carbocycles. The van der Waals surface area contributed by atoms with Gasteiger partial charge in [-0.2, -0.15) is 0 Å². The van der Waals surface area contributed by atoms with Gasteiger partial charge in [-0.3, -0.25) is 4.79 Å². The van der Waals surface area contributed by atoms with Crippen molar-refractivity contribution >= 4 is 22.9 Å². The Labute approximate surface area is 155 Å². The van der Waals surface area contributed by atoms with Gasteiger partial charge in [-0.05, 0) is 43.7 Å². The van der Waals surface area contributed by atoms with Gasteiger partial charge in [0, 0.05) is 5.38 Å². The highest BCUT2D eigenvalue weighted by Gasteiger charge is 2.13. The van der Waals surface area contributed by atoms with Gasteiger partial charge in [0.15, 0.2) is 0 Å². The first-order valence-corrected chi connectivity index (χ1v) is 9.17. The molecule has 0 atom stereocenters. The molecule has 1 heterocycles. The van der Waals surface area contributed by atoms with Crippen LogP contribution in [0.15, 0.2) is 47.8 Å². The lowest BCUT2D eigenvalue weighted by atomic mass is 10.2. The predicted molar refractivity (Wildman–Crippen MR) is 102 cm³/mol. The number of carbonyl (C=O) groups is 1. The normalized spacial score (nSPS) is 10.6. The molecule has 0 saturated carbocycles. The average molecular weight is 370 g/mol. The van der Waals surface area contributed by atoms with Crippen molar-refractivity contribution in [3.8, 4) is 16.3 Å². The second-order valence-electron chi connectivity index (χ2n) is 5.78. The monoisotopic (exact) mass is 370 g/mol. The molecule has 0 aliphatic heterocycles. The Morgan fingerprint density at radius 3 is 2.88 bits per heavy atom. The Hall–Kier alpha value is -2.73. The van der Waals surface area contributed by atoms with Gasteiger partial charge in [0.1, 0.15) is 16.6 Å². The van der Waals surface area contributed by atoms with Crippen molar-refractivity contribution < 1.29 is 13.9 Å². The number of ether oxygens (including phenoxy) is 1. The van der Waals surface area contributed by atoms with Crippen LogP contribution in [0.25, 0.3) is 10.6 Å². The van der Waals surface area contributed by atoms with Crippen LogP contribution in [-0.4, -0.2) is 17.5 Å². The highest BCUT2D eigenvalue weighted by Crippen LogP contribution is 2.32. The van der Waals surface area contributed by atoms with Gasteiger partial charge in [-0.1, -0.05) is 18.2 Å². The fraction of sp³-hybridized carbons (Fsp3) is 0.200. The number of para-hydroxylation sites is 1. The summed E-state index contributed by atoms with van der Waals surface area (Å²) >= 11 is 1.45. The van der Waals surface area contributed by atoms with Gasteiger partial charge in [-0.15, -0.1) is 11.3 Å². The molecule has 0 aliphatic rings. The molecular formula is C20H19FN2O2S. The summed E-state index contributed by atoms with van der Waals surface area (Å²) in [5, 5.41) is 5.23. The van der Waals surface area contributed by atoms with E-state index in [0.717, 1.165) is 21.9 Å². The van der Waals surface area contributed by atoms with E-state index in [1.54, 1.807) is 12.1 Å². The van der Waals surface area contributed by atoms with Crippen LogP contribution in [0.1, 0.15) is 18.2 Å². The van der Waals surface area contributed by atoms with Crippen LogP contribution in [0.4, 0.5) is 10.1 Å². The van der Waals surface area contributed by atoms with Crippen LogP contribution < -0.4 is 10.1 Å². The predicted octanol–water partition coefficient (Wildman–Crippen LogP) is 4.84. The van der Waals surface area contributed by atoms with Crippen LogP contribution in [-0.2, 0) is 11.2 Å². The first kappa shape index (κ1) is 18.1. The quantitative estimate of drug-likeness (QED) is 0.676. The largest absolute Gasteiger partial charge is 0.493 e. The molecule has 1 N–H and O–H groups in total. The van der Waals surface area contributed by atoms with Crippen molar-refractivity contribution in [2.24, 2.45) is 0 Å². The fourth-order valence-corrected chi connectivity index (χ4v) is 3.38. The molecule has 0 saturated heterocycles. The number of hydrogen-bond acceptors (Lipinski definition) is 4. The molecule has 1 amide bonds. The maximum Gasteiger partial charge on any atom is 0.230 e. The van der Waals surface area contributed by atoms with Gasteiger partial charge in [0.05, 0.1) is 30.0 Å². The van der Waals surface area contributed by atoms with Crippen molar-refractivity contribution in [1.29, 1.82) is 0 Å².